The highest BCUT2D eigenvalue weighted by molar-refractivity contribution is 5.74. The van der Waals surface area contributed by atoms with E-state index in [0.29, 0.717) is 25.5 Å². The van der Waals surface area contributed by atoms with Crippen LogP contribution < -0.4 is 10.8 Å². The molecule has 1 aliphatic heterocycles. The van der Waals surface area contributed by atoms with Gasteiger partial charge in [-0.25, -0.2) is 9.59 Å². The van der Waals surface area contributed by atoms with Crippen LogP contribution in [0, 0.1) is 11.8 Å². The molecule has 0 aromatic rings. The molecule has 0 aromatic heterocycles. The third kappa shape index (κ3) is 7.40. The number of nitrogens with zero attached hydrogens (tertiary/aromatic N) is 1. The summed E-state index contributed by atoms with van der Waals surface area (Å²) in [5, 5.41) is 2.94. The molecule has 1 saturated carbocycles. The van der Waals surface area contributed by atoms with Crippen LogP contribution in [0.25, 0.3) is 0 Å². The Kier molecular flexibility index (Phi) is 8.00. The van der Waals surface area contributed by atoms with Gasteiger partial charge < -0.3 is 15.0 Å². The lowest BCUT2D eigenvalue weighted by atomic mass is 9.80. The first-order chi connectivity index (χ1) is 12.3. The molecule has 0 spiro atoms. The van der Waals surface area contributed by atoms with Crippen molar-refractivity contribution in [3.63, 3.8) is 0 Å². The zero-order chi connectivity index (χ0) is 19.0. The van der Waals surface area contributed by atoms with Crippen molar-refractivity contribution in [2.75, 3.05) is 26.2 Å². The number of rotatable bonds is 6. The number of hydrogen-bond acceptors (Lipinski definition) is 4. The molecule has 1 unspecified atom stereocenters. The van der Waals surface area contributed by atoms with E-state index >= 15 is 0 Å². The van der Waals surface area contributed by atoms with Gasteiger partial charge in [0.05, 0.1) is 6.61 Å². The zero-order valence-electron chi connectivity index (χ0n) is 16.5. The van der Waals surface area contributed by atoms with Gasteiger partial charge in [-0.3, -0.25) is 4.84 Å². The number of nitrogens with one attached hydrogen (secondary N) is 2. The molecule has 0 aromatic carbocycles. The van der Waals surface area contributed by atoms with Crippen molar-refractivity contribution in [3.8, 4) is 0 Å². The van der Waals surface area contributed by atoms with Crippen molar-refractivity contribution in [2.24, 2.45) is 11.8 Å². The molecular formula is C19H35N3O4. The molecule has 150 valence electrons. The molecule has 2 fully saturated rings. The van der Waals surface area contributed by atoms with Gasteiger partial charge in [-0.1, -0.05) is 32.1 Å². The quantitative estimate of drug-likeness (QED) is 0.555. The largest absolute Gasteiger partial charge is 0.442 e. The van der Waals surface area contributed by atoms with E-state index in [2.05, 4.69) is 10.8 Å². The van der Waals surface area contributed by atoms with Crippen molar-refractivity contribution in [3.05, 3.63) is 0 Å². The van der Waals surface area contributed by atoms with Gasteiger partial charge in [0.15, 0.2) is 0 Å². The summed E-state index contributed by atoms with van der Waals surface area (Å²) >= 11 is 0. The average Bonchev–Trinajstić information content (AvgIpc) is 3.07. The van der Waals surface area contributed by atoms with Gasteiger partial charge in [0.25, 0.3) is 0 Å². The first-order valence-electron chi connectivity index (χ1n) is 9.99. The average molecular weight is 370 g/mol. The summed E-state index contributed by atoms with van der Waals surface area (Å²) in [6, 6.07) is 0.0170. The first-order valence-corrected chi connectivity index (χ1v) is 9.99. The lowest BCUT2D eigenvalue weighted by Gasteiger charge is -2.27. The highest BCUT2D eigenvalue weighted by atomic mass is 16.7. The van der Waals surface area contributed by atoms with Crippen molar-refractivity contribution < 1.29 is 19.2 Å². The Hall–Kier alpha value is -1.50. The smallest absolute Gasteiger partial charge is 0.431 e. The fraction of sp³-hybridized carbons (Fsp3) is 0.895. The third-order valence-electron chi connectivity index (χ3n) is 5.08. The van der Waals surface area contributed by atoms with Crippen molar-refractivity contribution >= 4 is 12.1 Å². The number of urea groups is 1. The minimum atomic E-state index is -0.604. The summed E-state index contributed by atoms with van der Waals surface area (Å²) in [5.74, 6) is 1.50. The molecule has 7 nitrogen and oxygen atoms in total. The summed E-state index contributed by atoms with van der Waals surface area (Å²) in [6.07, 6.45) is 7.91. The third-order valence-corrected chi connectivity index (χ3v) is 5.08. The van der Waals surface area contributed by atoms with Crippen LogP contribution >= 0.6 is 0 Å². The number of carbonyl (C=O) groups excluding carboxylic acids is 2. The Bertz CT molecular complexity index is 458. The summed E-state index contributed by atoms with van der Waals surface area (Å²) in [5.41, 5.74) is 1.69. The maximum atomic E-state index is 12.3. The lowest BCUT2D eigenvalue weighted by molar-refractivity contribution is -0.00811. The van der Waals surface area contributed by atoms with Gasteiger partial charge in [-0.15, -0.1) is 0 Å². The van der Waals surface area contributed by atoms with E-state index in [-0.39, 0.29) is 6.03 Å². The number of carbonyl (C=O) groups is 2. The van der Waals surface area contributed by atoms with Crippen LogP contribution in [0.1, 0.15) is 65.7 Å². The minimum absolute atomic E-state index is 0.0170. The highest BCUT2D eigenvalue weighted by Crippen LogP contribution is 2.34. The fourth-order valence-corrected chi connectivity index (χ4v) is 3.82. The highest BCUT2D eigenvalue weighted by Gasteiger charge is 2.32. The maximum absolute atomic E-state index is 12.3. The Labute approximate surface area is 157 Å². The molecule has 2 aliphatic rings. The number of hydrogen-bond donors (Lipinski definition) is 2. The Morgan fingerprint density at radius 2 is 1.81 bits per heavy atom. The Balaban J connectivity index is 1.52. The van der Waals surface area contributed by atoms with Gasteiger partial charge in [0, 0.05) is 19.6 Å². The summed E-state index contributed by atoms with van der Waals surface area (Å²) in [4.78, 5) is 30.7. The van der Waals surface area contributed by atoms with Crippen molar-refractivity contribution in [2.45, 2.75) is 71.3 Å². The second-order valence-electron chi connectivity index (χ2n) is 8.43. The van der Waals surface area contributed by atoms with Crippen LogP contribution in [-0.2, 0) is 9.57 Å². The summed E-state index contributed by atoms with van der Waals surface area (Å²) < 4.78 is 5.06. The standard InChI is InChI=1S/C19H35N3O4/c1-19(2,3)26-18(24)21-25-13-7-11-20-17(23)22-12-10-16(14-22)15-8-5-4-6-9-15/h15-16H,4-14H2,1-3H3,(H,20,23)(H,21,24). The summed E-state index contributed by atoms with van der Waals surface area (Å²) in [6.45, 7) is 7.98. The normalized spacial score (nSPS) is 21.5. The van der Waals surface area contributed by atoms with Crippen LogP contribution in [0.2, 0.25) is 0 Å². The monoisotopic (exact) mass is 369 g/mol. The SMILES string of the molecule is CC(C)(C)OC(=O)NOCCCNC(=O)N1CCC(C2CCCCC2)C1. The maximum Gasteiger partial charge on any atom is 0.431 e. The number of amides is 3. The van der Waals surface area contributed by atoms with Gasteiger partial charge in [-0.2, -0.15) is 5.48 Å². The van der Waals surface area contributed by atoms with E-state index in [9.17, 15) is 9.59 Å². The number of likely N-dealkylation sites (tertiary alicyclic amines) is 1. The van der Waals surface area contributed by atoms with Gasteiger partial charge in [-0.05, 0) is 45.4 Å². The zero-order valence-corrected chi connectivity index (χ0v) is 16.5. The predicted molar refractivity (Wildman–Crippen MR) is 99.6 cm³/mol. The molecule has 0 bridgehead atoms. The molecule has 7 heteroatoms. The van der Waals surface area contributed by atoms with Crippen LogP contribution in [0.3, 0.4) is 0 Å². The molecule has 2 N–H and O–H groups in total. The lowest BCUT2D eigenvalue weighted by Crippen LogP contribution is -2.39. The molecule has 26 heavy (non-hydrogen) atoms. The van der Waals surface area contributed by atoms with Crippen LogP contribution in [0.15, 0.2) is 0 Å². The molecule has 1 atom stereocenters. The molecule has 1 heterocycles. The van der Waals surface area contributed by atoms with Crippen molar-refractivity contribution in [1.29, 1.82) is 0 Å². The molecule has 2 rings (SSSR count). The second kappa shape index (κ2) is 10.00. The molecule has 3 amide bonds. The van der Waals surface area contributed by atoms with E-state index in [1.54, 1.807) is 20.8 Å². The fourth-order valence-electron chi connectivity index (χ4n) is 3.82. The van der Waals surface area contributed by atoms with Gasteiger partial charge in [0.2, 0.25) is 0 Å². The second-order valence-corrected chi connectivity index (χ2v) is 8.43. The predicted octanol–water partition coefficient (Wildman–Crippen LogP) is 3.44. The number of ether oxygens (including phenoxy) is 1. The first kappa shape index (κ1) is 20.8. The van der Waals surface area contributed by atoms with Gasteiger partial charge >= 0.3 is 12.1 Å². The van der Waals surface area contributed by atoms with E-state index in [1.807, 2.05) is 4.90 Å². The summed E-state index contributed by atoms with van der Waals surface area (Å²) in [7, 11) is 0. The van der Waals surface area contributed by atoms with Crippen LogP contribution in [0.5, 0.6) is 0 Å². The topological polar surface area (TPSA) is 79.9 Å². The Morgan fingerprint density at radius 1 is 1.08 bits per heavy atom. The van der Waals surface area contributed by atoms with Crippen LogP contribution in [0.4, 0.5) is 9.59 Å². The van der Waals surface area contributed by atoms with Crippen molar-refractivity contribution in [1.82, 2.24) is 15.7 Å². The molecule has 0 radical (unpaired) electrons. The molecule has 1 saturated heterocycles. The van der Waals surface area contributed by atoms with E-state index < -0.39 is 11.7 Å². The van der Waals surface area contributed by atoms with E-state index in [0.717, 1.165) is 25.4 Å². The molecular weight excluding hydrogens is 334 g/mol. The van der Waals surface area contributed by atoms with Crippen LogP contribution in [-0.4, -0.2) is 48.9 Å². The Morgan fingerprint density at radius 3 is 2.50 bits per heavy atom. The van der Waals surface area contributed by atoms with E-state index in [4.69, 9.17) is 9.57 Å². The molecule has 1 aliphatic carbocycles. The van der Waals surface area contributed by atoms with Gasteiger partial charge in [0.1, 0.15) is 5.60 Å². The van der Waals surface area contributed by atoms with E-state index in [1.165, 1.54) is 32.1 Å². The number of hydroxylamine groups is 1. The minimum Gasteiger partial charge on any atom is -0.442 e.